The van der Waals surface area contributed by atoms with Gasteiger partial charge in [-0.25, -0.2) is 0 Å². The molecule has 0 aliphatic heterocycles. The summed E-state index contributed by atoms with van der Waals surface area (Å²) >= 11 is 0. The van der Waals surface area contributed by atoms with Crippen LogP contribution in [0.25, 0.3) is 0 Å². The monoisotopic (exact) mass is 240 g/mol. The summed E-state index contributed by atoms with van der Waals surface area (Å²) in [5.41, 5.74) is 5.96. The maximum Gasteiger partial charge on any atom is 0.0138 e. The van der Waals surface area contributed by atoms with Crippen LogP contribution < -0.4 is 5.73 Å². The van der Waals surface area contributed by atoms with Gasteiger partial charge in [-0.05, 0) is 51.1 Å². The summed E-state index contributed by atoms with van der Waals surface area (Å²) in [7, 11) is 0. The molecule has 0 aromatic rings. The fraction of sp³-hybridized carbons (Fsp3) is 1.00. The second-order valence-corrected chi connectivity index (χ2v) is 6.16. The molecule has 0 saturated heterocycles. The van der Waals surface area contributed by atoms with Gasteiger partial charge in [0.2, 0.25) is 0 Å². The van der Waals surface area contributed by atoms with Crippen molar-refractivity contribution in [3.05, 3.63) is 0 Å². The van der Waals surface area contributed by atoms with Gasteiger partial charge in [-0.2, -0.15) is 0 Å². The molecule has 3 unspecified atom stereocenters. The average Bonchev–Trinajstić information content (AvgIpc) is 2.29. The summed E-state index contributed by atoms with van der Waals surface area (Å²) in [6.45, 7) is 11.4. The zero-order valence-electron chi connectivity index (χ0n) is 12.3. The van der Waals surface area contributed by atoms with E-state index in [0.717, 1.165) is 24.4 Å². The second-order valence-electron chi connectivity index (χ2n) is 6.16. The van der Waals surface area contributed by atoms with Crippen molar-refractivity contribution in [2.24, 2.45) is 17.6 Å². The van der Waals surface area contributed by atoms with Crippen molar-refractivity contribution in [1.29, 1.82) is 0 Å². The van der Waals surface area contributed by atoms with Crippen LogP contribution in [0.3, 0.4) is 0 Å². The van der Waals surface area contributed by atoms with Crippen LogP contribution in [0.15, 0.2) is 0 Å². The van der Waals surface area contributed by atoms with E-state index >= 15 is 0 Å². The molecule has 2 N–H and O–H groups in total. The van der Waals surface area contributed by atoms with Gasteiger partial charge in [-0.1, -0.05) is 33.6 Å². The molecule has 2 heteroatoms. The van der Waals surface area contributed by atoms with Gasteiger partial charge >= 0.3 is 0 Å². The second kappa shape index (κ2) is 7.38. The van der Waals surface area contributed by atoms with Crippen molar-refractivity contribution < 1.29 is 0 Å². The Morgan fingerprint density at radius 1 is 1.18 bits per heavy atom. The summed E-state index contributed by atoms with van der Waals surface area (Å²) < 4.78 is 0. The number of nitrogens with two attached hydrogens (primary N) is 1. The lowest BCUT2D eigenvalue weighted by molar-refractivity contribution is 0.0685. The standard InChI is InChI=1S/C15H32N2/c1-5-17(13(4)10-12(2)3)15-9-7-6-8-14(15)11-16/h12-15H,5-11,16H2,1-4H3. The molecule has 0 aromatic heterocycles. The SMILES string of the molecule is CCN(C(C)CC(C)C)C1CCCCC1CN. The van der Waals surface area contributed by atoms with Gasteiger partial charge in [0.1, 0.15) is 0 Å². The third-order valence-electron chi connectivity index (χ3n) is 4.34. The zero-order valence-corrected chi connectivity index (χ0v) is 12.3. The van der Waals surface area contributed by atoms with Crippen molar-refractivity contribution in [2.75, 3.05) is 13.1 Å². The Morgan fingerprint density at radius 3 is 2.35 bits per heavy atom. The molecule has 0 bridgehead atoms. The van der Waals surface area contributed by atoms with Gasteiger partial charge < -0.3 is 5.73 Å². The first kappa shape index (κ1) is 15.0. The van der Waals surface area contributed by atoms with Gasteiger partial charge in [0, 0.05) is 12.1 Å². The number of rotatable bonds is 6. The van der Waals surface area contributed by atoms with Crippen LogP contribution in [0, 0.1) is 11.8 Å². The van der Waals surface area contributed by atoms with Crippen LogP contribution in [-0.2, 0) is 0 Å². The fourth-order valence-corrected chi connectivity index (χ4v) is 3.59. The lowest BCUT2D eigenvalue weighted by Crippen LogP contribution is -2.49. The molecule has 1 aliphatic rings. The quantitative estimate of drug-likeness (QED) is 0.772. The first-order valence-electron chi connectivity index (χ1n) is 7.55. The molecule has 1 fully saturated rings. The van der Waals surface area contributed by atoms with Crippen LogP contribution in [0.5, 0.6) is 0 Å². The predicted octanol–water partition coefficient (Wildman–Crippen LogP) is 3.26. The Hall–Kier alpha value is -0.0800. The molecular formula is C15H32N2. The molecule has 1 saturated carbocycles. The molecule has 3 atom stereocenters. The maximum atomic E-state index is 5.96. The molecule has 0 radical (unpaired) electrons. The summed E-state index contributed by atoms with van der Waals surface area (Å²) in [4.78, 5) is 2.72. The number of hydrogen-bond acceptors (Lipinski definition) is 2. The largest absolute Gasteiger partial charge is 0.330 e. The maximum absolute atomic E-state index is 5.96. The molecule has 0 spiro atoms. The molecule has 102 valence electrons. The Morgan fingerprint density at radius 2 is 1.82 bits per heavy atom. The molecule has 2 nitrogen and oxygen atoms in total. The Bertz CT molecular complexity index is 203. The van der Waals surface area contributed by atoms with Crippen molar-refractivity contribution in [3.63, 3.8) is 0 Å². The summed E-state index contributed by atoms with van der Waals surface area (Å²) in [5.74, 6) is 1.53. The van der Waals surface area contributed by atoms with Crippen molar-refractivity contribution >= 4 is 0 Å². The van der Waals surface area contributed by atoms with Crippen LogP contribution >= 0.6 is 0 Å². The lowest BCUT2D eigenvalue weighted by Gasteiger charge is -2.43. The summed E-state index contributed by atoms with van der Waals surface area (Å²) in [5, 5.41) is 0. The highest BCUT2D eigenvalue weighted by Crippen LogP contribution is 2.30. The van der Waals surface area contributed by atoms with Gasteiger partial charge in [0.05, 0.1) is 0 Å². The van der Waals surface area contributed by atoms with E-state index in [1.807, 2.05) is 0 Å². The van der Waals surface area contributed by atoms with Crippen LogP contribution in [0.2, 0.25) is 0 Å². The minimum Gasteiger partial charge on any atom is -0.330 e. The van der Waals surface area contributed by atoms with Crippen molar-refractivity contribution in [1.82, 2.24) is 4.90 Å². The van der Waals surface area contributed by atoms with Gasteiger partial charge in [0.15, 0.2) is 0 Å². The van der Waals surface area contributed by atoms with Crippen LogP contribution in [0.4, 0.5) is 0 Å². The minimum absolute atomic E-state index is 0.706. The van der Waals surface area contributed by atoms with Gasteiger partial charge in [0.25, 0.3) is 0 Å². The molecule has 1 rings (SSSR count). The van der Waals surface area contributed by atoms with E-state index in [-0.39, 0.29) is 0 Å². The average molecular weight is 240 g/mol. The summed E-state index contributed by atoms with van der Waals surface area (Å²) in [6, 6.07) is 1.45. The smallest absolute Gasteiger partial charge is 0.0138 e. The summed E-state index contributed by atoms with van der Waals surface area (Å²) in [6.07, 6.45) is 6.78. The molecule has 0 aromatic carbocycles. The molecule has 17 heavy (non-hydrogen) atoms. The van der Waals surface area contributed by atoms with E-state index in [0.29, 0.717) is 6.04 Å². The molecular weight excluding hydrogens is 208 g/mol. The van der Waals surface area contributed by atoms with E-state index in [9.17, 15) is 0 Å². The van der Waals surface area contributed by atoms with E-state index in [1.54, 1.807) is 0 Å². The zero-order chi connectivity index (χ0) is 12.8. The first-order chi connectivity index (χ1) is 8.10. The van der Waals surface area contributed by atoms with Crippen LogP contribution in [0.1, 0.15) is 59.8 Å². The Labute approximate surface area is 108 Å². The van der Waals surface area contributed by atoms with E-state index in [2.05, 4.69) is 32.6 Å². The molecule has 0 heterocycles. The molecule has 0 amide bonds. The van der Waals surface area contributed by atoms with Crippen LogP contribution in [-0.4, -0.2) is 30.1 Å². The van der Waals surface area contributed by atoms with Crippen molar-refractivity contribution in [2.45, 2.75) is 71.9 Å². The highest BCUT2D eigenvalue weighted by Gasteiger charge is 2.30. The van der Waals surface area contributed by atoms with E-state index < -0.39 is 0 Å². The highest BCUT2D eigenvalue weighted by atomic mass is 15.2. The van der Waals surface area contributed by atoms with Gasteiger partial charge in [-0.3, -0.25) is 4.90 Å². The minimum atomic E-state index is 0.706. The van der Waals surface area contributed by atoms with Crippen molar-refractivity contribution in [3.8, 4) is 0 Å². The highest BCUT2D eigenvalue weighted by molar-refractivity contribution is 4.86. The van der Waals surface area contributed by atoms with Gasteiger partial charge in [-0.15, -0.1) is 0 Å². The predicted molar refractivity (Wildman–Crippen MR) is 76.1 cm³/mol. The number of nitrogens with zero attached hydrogens (tertiary/aromatic N) is 1. The molecule has 1 aliphatic carbocycles. The Kier molecular flexibility index (Phi) is 6.50. The Balaban J connectivity index is 2.63. The van der Waals surface area contributed by atoms with E-state index in [1.165, 1.54) is 38.6 Å². The first-order valence-corrected chi connectivity index (χ1v) is 7.55. The normalized spacial score (nSPS) is 27.7. The topological polar surface area (TPSA) is 29.3 Å². The third kappa shape index (κ3) is 4.26. The van der Waals surface area contributed by atoms with E-state index in [4.69, 9.17) is 5.73 Å². The third-order valence-corrected chi connectivity index (χ3v) is 4.34. The lowest BCUT2D eigenvalue weighted by atomic mass is 9.82. The fourth-order valence-electron chi connectivity index (χ4n) is 3.59. The number of hydrogen-bond donors (Lipinski definition) is 1.